The smallest absolute Gasteiger partial charge is 0.336 e. The number of aromatic nitrogens is 1. The quantitative estimate of drug-likeness (QED) is 0.817. The molecule has 106 valence electrons. The van der Waals surface area contributed by atoms with Crippen LogP contribution in [0.15, 0.2) is 24.5 Å². The van der Waals surface area contributed by atoms with E-state index in [2.05, 4.69) is 4.98 Å². The highest BCUT2D eigenvalue weighted by Crippen LogP contribution is 2.15. The topological polar surface area (TPSA) is 36.4 Å². The van der Waals surface area contributed by atoms with E-state index in [0.29, 0.717) is 11.4 Å². The first kappa shape index (κ1) is 15.4. The maximum absolute atomic E-state index is 12.1. The molecule has 1 amide bonds. The van der Waals surface area contributed by atoms with E-state index in [0.717, 1.165) is 12.6 Å². The lowest BCUT2D eigenvalue weighted by atomic mass is 10.2. The first-order chi connectivity index (χ1) is 8.78. The van der Waals surface area contributed by atoms with Crippen molar-refractivity contribution in [1.82, 2.24) is 14.8 Å². The van der Waals surface area contributed by atoms with Crippen LogP contribution in [0.25, 0.3) is 0 Å². The van der Waals surface area contributed by atoms with Gasteiger partial charge in [0.15, 0.2) is 0 Å². The summed E-state index contributed by atoms with van der Waals surface area (Å²) in [6.45, 7) is -0.840. The Kier molecular flexibility index (Phi) is 5.29. The fourth-order valence-electron chi connectivity index (χ4n) is 1.57. The van der Waals surface area contributed by atoms with Gasteiger partial charge in [0, 0.05) is 26.0 Å². The van der Waals surface area contributed by atoms with Crippen LogP contribution in [0.5, 0.6) is 0 Å². The second-order valence-electron chi connectivity index (χ2n) is 4.40. The van der Waals surface area contributed by atoms with Gasteiger partial charge in [0.2, 0.25) is 5.91 Å². The summed E-state index contributed by atoms with van der Waals surface area (Å²) < 4.78 is 36.4. The minimum Gasteiger partial charge on any atom is -0.336 e. The normalized spacial score (nSPS) is 11.7. The molecule has 1 aromatic rings. The number of carbonyl (C=O) groups is 1. The molecule has 0 fully saturated rings. The number of halogens is 3. The molecule has 0 atom stereocenters. The summed E-state index contributed by atoms with van der Waals surface area (Å²) >= 11 is 0. The van der Waals surface area contributed by atoms with Crippen LogP contribution >= 0.6 is 0 Å². The molecule has 0 spiro atoms. The number of pyridine rings is 1. The summed E-state index contributed by atoms with van der Waals surface area (Å²) in [7, 11) is 2.82. The molecule has 1 heterocycles. The van der Waals surface area contributed by atoms with Gasteiger partial charge >= 0.3 is 6.18 Å². The van der Waals surface area contributed by atoms with Gasteiger partial charge in [-0.05, 0) is 18.7 Å². The van der Waals surface area contributed by atoms with Crippen LogP contribution in [-0.2, 0) is 11.3 Å². The van der Waals surface area contributed by atoms with Crippen LogP contribution in [0.1, 0.15) is 5.56 Å². The third-order valence-corrected chi connectivity index (χ3v) is 2.42. The Labute approximate surface area is 109 Å². The van der Waals surface area contributed by atoms with Crippen LogP contribution in [0, 0.1) is 0 Å². The largest absolute Gasteiger partial charge is 0.406 e. The van der Waals surface area contributed by atoms with Crippen LogP contribution in [-0.4, -0.2) is 54.1 Å². The van der Waals surface area contributed by atoms with Gasteiger partial charge in [0.25, 0.3) is 0 Å². The predicted molar refractivity (Wildman–Crippen MR) is 64.3 cm³/mol. The summed E-state index contributed by atoms with van der Waals surface area (Å²) in [6, 6.07) is 3.61. The number of amides is 1. The van der Waals surface area contributed by atoms with Crippen molar-refractivity contribution in [3.05, 3.63) is 30.1 Å². The Hall–Kier alpha value is -1.63. The fraction of sp³-hybridized carbons (Fsp3) is 0.500. The Morgan fingerprint density at radius 2 is 2.05 bits per heavy atom. The molecule has 0 aliphatic heterocycles. The number of alkyl halides is 3. The zero-order valence-electron chi connectivity index (χ0n) is 10.8. The molecule has 19 heavy (non-hydrogen) atoms. The van der Waals surface area contributed by atoms with Gasteiger partial charge in [-0.3, -0.25) is 14.7 Å². The van der Waals surface area contributed by atoms with Gasteiger partial charge < -0.3 is 4.90 Å². The molecule has 0 aliphatic carbocycles. The summed E-state index contributed by atoms with van der Waals surface area (Å²) in [5, 5.41) is 0. The molecular formula is C12H16F3N3O. The second-order valence-corrected chi connectivity index (χ2v) is 4.40. The third kappa shape index (κ3) is 6.19. The van der Waals surface area contributed by atoms with Crippen molar-refractivity contribution in [2.75, 3.05) is 27.2 Å². The minimum atomic E-state index is -4.37. The van der Waals surface area contributed by atoms with Crippen molar-refractivity contribution < 1.29 is 18.0 Å². The first-order valence-electron chi connectivity index (χ1n) is 5.66. The van der Waals surface area contributed by atoms with Crippen molar-refractivity contribution in [2.45, 2.75) is 12.7 Å². The molecule has 0 aliphatic rings. The third-order valence-electron chi connectivity index (χ3n) is 2.42. The maximum atomic E-state index is 12.1. The van der Waals surface area contributed by atoms with Gasteiger partial charge in [-0.25, -0.2) is 0 Å². The highest BCUT2D eigenvalue weighted by Gasteiger charge is 2.31. The van der Waals surface area contributed by atoms with E-state index in [-0.39, 0.29) is 6.54 Å². The van der Waals surface area contributed by atoms with Crippen LogP contribution in [0.2, 0.25) is 0 Å². The number of hydrogen-bond donors (Lipinski definition) is 0. The Morgan fingerprint density at radius 3 is 2.58 bits per heavy atom. The number of rotatable bonds is 5. The monoisotopic (exact) mass is 275 g/mol. The van der Waals surface area contributed by atoms with E-state index in [1.54, 1.807) is 30.4 Å². The predicted octanol–water partition coefficient (Wildman–Crippen LogP) is 1.53. The Morgan fingerprint density at radius 1 is 1.37 bits per heavy atom. The van der Waals surface area contributed by atoms with Crippen molar-refractivity contribution in [2.24, 2.45) is 0 Å². The number of nitrogens with zero attached hydrogens (tertiary/aromatic N) is 3. The summed E-state index contributed by atoms with van der Waals surface area (Å²) in [4.78, 5) is 17.8. The Bertz CT molecular complexity index is 408. The van der Waals surface area contributed by atoms with Crippen molar-refractivity contribution in [3.8, 4) is 0 Å². The summed E-state index contributed by atoms with van der Waals surface area (Å²) in [5.74, 6) is -0.566. The van der Waals surface area contributed by atoms with E-state index in [9.17, 15) is 18.0 Å². The minimum absolute atomic E-state index is 0.0680. The molecule has 7 heteroatoms. The fourth-order valence-corrected chi connectivity index (χ4v) is 1.57. The van der Waals surface area contributed by atoms with Crippen LogP contribution in [0.3, 0.4) is 0 Å². The van der Waals surface area contributed by atoms with Gasteiger partial charge in [0.1, 0.15) is 6.54 Å². The second kappa shape index (κ2) is 6.51. The van der Waals surface area contributed by atoms with E-state index in [1.807, 2.05) is 6.07 Å². The Balaban J connectivity index is 2.44. The zero-order valence-corrected chi connectivity index (χ0v) is 10.8. The van der Waals surface area contributed by atoms with Crippen molar-refractivity contribution >= 4 is 5.91 Å². The van der Waals surface area contributed by atoms with Gasteiger partial charge in [-0.1, -0.05) is 6.07 Å². The SMILES string of the molecule is CN(CC(=O)N(C)CC(F)(F)F)Cc1cccnc1. The summed E-state index contributed by atoms with van der Waals surface area (Å²) in [5.41, 5.74) is 0.899. The van der Waals surface area contributed by atoms with E-state index in [4.69, 9.17) is 0 Å². The van der Waals surface area contributed by atoms with Crippen molar-refractivity contribution in [1.29, 1.82) is 0 Å². The molecule has 0 unspecified atom stereocenters. The van der Waals surface area contributed by atoms with Crippen molar-refractivity contribution in [3.63, 3.8) is 0 Å². The van der Waals surface area contributed by atoms with Gasteiger partial charge in [0.05, 0.1) is 6.54 Å². The molecule has 1 rings (SSSR count). The molecule has 4 nitrogen and oxygen atoms in total. The molecule has 1 aromatic heterocycles. The molecule has 0 bridgehead atoms. The molecular weight excluding hydrogens is 259 g/mol. The molecule has 0 aromatic carbocycles. The maximum Gasteiger partial charge on any atom is 0.406 e. The number of hydrogen-bond acceptors (Lipinski definition) is 3. The lowest BCUT2D eigenvalue weighted by molar-refractivity contribution is -0.158. The standard InChI is InChI=1S/C12H16F3N3O/c1-17(7-10-4-3-5-16-6-10)8-11(19)18(2)9-12(13,14)15/h3-6H,7-9H2,1-2H3. The highest BCUT2D eigenvalue weighted by molar-refractivity contribution is 5.78. The van der Waals surface area contributed by atoms with Gasteiger partial charge in [-0.15, -0.1) is 0 Å². The number of carbonyl (C=O) groups excluding carboxylic acids is 1. The lowest BCUT2D eigenvalue weighted by Crippen LogP contribution is -2.41. The average Bonchev–Trinajstić information content (AvgIpc) is 2.27. The van der Waals surface area contributed by atoms with E-state index < -0.39 is 18.6 Å². The molecule has 0 N–H and O–H groups in total. The molecule has 0 radical (unpaired) electrons. The van der Waals surface area contributed by atoms with E-state index >= 15 is 0 Å². The van der Waals surface area contributed by atoms with E-state index in [1.165, 1.54) is 0 Å². The molecule has 0 saturated heterocycles. The average molecular weight is 275 g/mol. The first-order valence-corrected chi connectivity index (χ1v) is 5.66. The molecule has 0 saturated carbocycles. The lowest BCUT2D eigenvalue weighted by Gasteiger charge is -2.22. The summed E-state index contributed by atoms with van der Waals surface area (Å²) in [6.07, 6.45) is -1.08. The van der Waals surface area contributed by atoms with Crippen LogP contribution in [0.4, 0.5) is 13.2 Å². The van der Waals surface area contributed by atoms with Gasteiger partial charge in [-0.2, -0.15) is 13.2 Å². The van der Waals surface area contributed by atoms with Crippen LogP contribution < -0.4 is 0 Å². The highest BCUT2D eigenvalue weighted by atomic mass is 19.4. The number of likely N-dealkylation sites (N-methyl/N-ethyl adjacent to an activating group) is 2. The zero-order chi connectivity index (χ0) is 14.5.